The van der Waals surface area contributed by atoms with Gasteiger partial charge in [0.2, 0.25) is 5.78 Å². The van der Waals surface area contributed by atoms with Crippen LogP contribution in [0.5, 0.6) is 0 Å². The van der Waals surface area contributed by atoms with Crippen molar-refractivity contribution in [2.75, 3.05) is 5.73 Å². The average Bonchev–Trinajstić information content (AvgIpc) is 2.54. The van der Waals surface area contributed by atoms with E-state index in [4.69, 9.17) is 5.73 Å². The van der Waals surface area contributed by atoms with E-state index in [1.54, 1.807) is 6.20 Å². The number of halogens is 2. The van der Waals surface area contributed by atoms with Gasteiger partial charge in [-0.05, 0) is 74.4 Å². The lowest BCUT2D eigenvalue weighted by atomic mass is 9.98. The maximum absolute atomic E-state index is 12.8. The number of ketones is 1. The second-order valence-electron chi connectivity index (χ2n) is 4.95. The molecule has 0 aliphatic heterocycles. The summed E-state index contributed by atoms with van der Waals surface area (Å²) in [6.07, 6.45) is 3.27. The molecule has 0 saturated heterocycles. The standard InChI is InChI=1S/C15H12Br2N2O/c1-7-4-8-2-3-9-5-10(16)6-19-14(9)15(20)11(8)12(17)13(7)18/h4-6H,2-3,18H2,1H3. The lowest BCUT2D eigenvalue weighted by Gasteiger charge is -2.12. The van der Waals surface area contributed by atoms with E-state index >= 15 is 0 Å². The maximum Gasteiger partial charge on any atom is 0.213 e. The van der Waals surface area contributed by atoms with Crippen molar-refractivity contribution in [1.82, 2.24) is 4.98 Å². The number of benzene rings is 1. The van der Waals surface area contributed by atoms with Crippen molar-refractivity contribution in [3.63, 3.8) is 0 Å². The number of carbonyl (C=O) groups is 1. The highest BCUT2D eigenvalue weighted by Gasteiger charge is 2.26. The van der Waals surface area contributed by atoms with Crippen LogP contribution in [0.2, 0.25) is 0 Å². The molecule has 1 heterocycles. The highest BCUT2D eigenvalue weighted by atomic mass is 79.9. The van der Waals surface area contributed by atoms with E-state index in [-0.39, 0.29) is 5.78 Å². The maximum atomic E-state index is 12.8. The van der Waals surface area contributed by atoms with E-state index in [2.05, 4.69) is 36.8 Å². The summed E-state index contributed by atoms with van der Waals surface area (Å²) >= 11 is 6.88. The number of fused-ring (bicyclic) bond motifs is 2. The average molecular weight is 396 g/mol. The van der Waals surface area contributed by atoms with Gasteiger partial charge in [0.05, 0.1) is 4.47 Å². The fraction of sp³-hybridized carbons (Fsp3) is 0.200. The summed E-state index contributed by atoms with van der Waals surface area (Å²) in [5.74, 6) is -0.0569. The Morgan fingerprint density at radius 1 is 1.20 bits per heavy atom. The summed E-state index contributed by atoms with van der Waals surface area (Å²) in [6, 6.07) is 3.98. The molecule has 5 heteroatoms. The van der Waals surface area contributed by atoms with Gasteiger partial charge in [0, 0.05) is 21.9 Å². The molecule has 0 amide bonds. The largest absolute Gasteiger partial charge is 0.398 e. The Balaban J connectivity index is 2.27. The van der Waals surface area contributed by atoms with Gasteiger partial charge in [-0.1, -0.05) is 6.07 Å². The first-order valence-corrected chi connectivity index (χ1v) is 7.84. The first-order valence-electron chi connectivity index (χ1n) is 6.25. The molecule has 0 fully saturated rings. The van der Waals surface area contributed by atoms with E-state index in [1.807, 2.05) is 19.1 Å². The van der Waals surface area contributed by atoms with Crippen molar-refractivity contribution in [3.8, 4) is 0 Å². The minimum atomic E-state index is -0.0569. The van der Waals surface area contributed by atoms with E-state index in [1.165, 1.54) is 0 Å². The van der Waals surface area contributed by atoms with Gasteiger partial charge in [0.25, 0.3) is 0 Å². The second-order valence-corrected chi connectivity index (χ2v) is 6.65. The zero-order valence-corrected chi connectivity index (χ0v) is 14.0. The lowest BCUT2D eigenvalue weighted by Crippen LogP contribution is -2.09. The van der Waals surface area contributed by atoms with Crippen molar-refractivity contribution < 1.29 is 4.79 Å². The van der Waals surface area contributed by atoms with Crippen LogP contribution in [0, 0.1) is 6.92 Å². The van der Waals surface area contributed by atoms with Gasteiger partial charge in [0.1, 0.15) is 5.69 Å². The molecule has 1 aliphatic rings. The molecule has 0 radical (unpaired) electrons. The fourth-order valence-electron chi connectivity index (χ4n) is 2.57. The molecule has 20 heavy (non-hydrogen) atoms. The van der Waals surface area contributed by atoms with Crippen LogP contribution in [0.25, 0.3) is 0 Å². The number of nitrogens with zero attached hydrogens (tertiary/aromatic N) is 1. The highest BCUT2D eigenvalue weighted by Crippen LogP contribution is 2.35. The topological polar surface area (TPSA) is 56.0 Å². The molecule has 0 saturated carbocycles. The molecule has 0 bridgehead atoms. The molecule has 0 atom stereocenters. The molecule has 2 N–H and O–H groups in total. The summed E-state index contributed by atoms with van der Waals surface area (Å²) in [5.41, 5.74) is 10.8. The number of nitrogens with two attached hydrogens (primary N) is 1. The van der Waals surface area contributed by atoms with Crippen LogP contribution < -0.4 is 5.73 Å². The van der Waals surface area contributed by atoms with E-state index in [9.17, 15) is 4.79 Å². The molecule has 3 rings (SSSR count). The second kappa shape index (κ2) is 4.97. The number of nitrogen functional groups attached to an aromatic ring is 1. The molecule has 0 spiro atoms. The number of hydrogen-bond acceptors (Lipinski definition) is 3. The lowest BCUT2D eigenvalue weighted by molar-refractivity contribution is 0.103. The van der Waals surface area contributed by atoms with Crippen molar-refractivity contribution >= 4 is 43.3 Å². The molecule has 3 nitrogen and oxygen atoms in total. The Kier molecular flexibility index (Phi) is 3.42. The number of aromatic nitrogens is 1. The normalized spacial score (nSPS) is 13.7. The summed E-state index contributed by atoms with van der Waals surface area (Å²) < 4.78 is 1.58. The van der Waals surface area contributed by atoms with Gasteiger partial charge in [-0.2, -0.15) is 0 Å². The predicted octanol–water partition coefficient (Wildman–Crippen LogP) is 3.83. The van der Waals surface area contributed by atoms with Crippen LogP contribution in [-0.2, 0) is 12.8 Å². The van der Waals surface area contributed by atoms with Gasteiger partial charge >= 0.3 is 0 Å². The minimum Gasteiger partial charge on any atom is -0.398 e. The van der Waals surface area contributed by atoms with Crippen LogP contribution in [0.3, 0.4) is 0 Å². The van der Waals surface area contributed by atoms with Crippen molar-refractivity contribution in [1.29, 1.82) is 0 Å². The Labute approximate surface area is 133 Å². The molecular weight excluding hydrogens is 384 g/mol. The number of aryl methyl sites for hydroxylation is 3. The first-order chi connectivity index (χ1) is 9.49. The summed E-state index contributed by atoms with van der Waals surface area (Å²) in [5, 5.41) is 0. The quantitative estimate of drug-likeness (QED) is 0.689. The first kappa shape index (κ1) is 13.8. The summed E-state index contributed by atoms with van der Waals surface area (Å²) in [6.45, 7) is 1.96. The van der Waals surface area contributed by atoms with Gasteiger partial charge in [-0.3, -0.25) is 9.78 Å². The predicted molar refractivity (Wildman–Crippen MR) is 86.1 cm³/mol. The van der Waals surface area contributed by atoms with Gasteiger partial charge in [0.15, 0.2) is 0 Å². The van der Waals surface area contributed by atoms with Crippen molar-refractivity contribution in [3.05, 3.63) is 55.2 Å². The van der Waals surface area contributed by atoms with E-state index in [0.717, 1.165) is 34.0 Å². The van der Waals surface area contributed by atoms with Gasteiger partial charge < -0.3 is 5.73 Å². The van der Waals surface area contributed by atoms with Crippen LogP contribution in [0.1, 0.15) is 32.7 Å². The zero-order chi connectivity index (χ0) is 14.4. The third-order valence-electron chi connectivity index (χ3n) is 3.63. The molecule has 1 aromatic carbocycles. The van der Waals surface area contributed by atoms with E-state index < -0.39 is 0 Å². The van der Waals surface area contributed by atoms with Crippen molar-refractivity contribution in [2.24, 2.45) is 0 Å². The number of rotatable bonds is 0. The summed E-state index contributed by atoms with van der Waals surface area (Å²) in [7, 11) is 0. The monoisotopic (exact) mass is 394 g/mol. The minimum absolute atomic E-state index is 0.0569. The third-order valence-corrected chi connectivity index (χ3v) is 4.89. The highest BCUT2D eigenvalue weighted by molar-refractivity contribution is 9.11. The van der Waals surface area contributed by atoms with Crippen LogP contribution in [0.4, 0.5) is 5.69 Å². The Morgan fingerprint density at radius 2 is 1.90 bits per heavy atom. The molecule has 0 unspecified atom stereocenters. The molecule has 1 aliphatic carbocycles. The van der Waals surface area contributed by atoms with E-state index in [0.29, 0.717) is 21.4 Å². The molecule has 102 valence electrons. The number of anilines is 1. The Bertz CT molecular complexity index is 741. The van der Waals surface area contributed by atoms with Crippen molar-refractivity contribution in [2.45, 2.75) is 19.8 Å². The van der Waals surface area contributed by atoms with Crippen LogP contribution >= 0.6 is 31.9 Å². The Morgan fingerprint density at radius 3 is 2.65 bits per heavy atom. The van der Waals surface area contributed by atoms with Crippen LogP contribution in [0.15, 0.2) is 27.3 Å². The third kappa shape index (κ3) is 2.09. The molecule has 2 aromatic rings. The fourth-order valence-corrected chi connectivity index (χ4v) is 3.69. The van der Waals surface area contributed by atoms with Gasteiger partial charge in [-0.15, -0.1) is 0 Å². The van der Waals surface area contributed by atoms with Gasteiger partial charge in [-0.25, -0.2) is 0 Å². The van der Waals surface area contributed by atoms with Crippen LogP contribution in [-0.4, -0.2) is 10.8 Å². The summed E-state index contributed by atoms with van der Waals surface area (Å²) in [4.78, 5) is 17.1. The smallest absolute Gasteiger partial charge is 0.213 e. The Hall–Kier alpha value is -1.20. The molecule has 1 aromatic heterocycles. The SMILES string of the molecule is Cc1cc2c(c(Br)c1N)C(=O)c1ncc(Br)cc1CC2. The number of hydrogen-bond donors (Lipinski definition) is 1. The zero-order valence-electron chi connectivity index (χ0n) is 10.8. The number of pyridine rings is 1. The molecular formula is C15H12Br2N2O. The number of carbonyl (C=O) groups excluding carboxylic acids is 1.